The van der Waals surface area contributed by atoms with Gasteiger partial charge in [0.15, 0.2) is 0 Å². The van der Waals surface area contributed by atoms with Crippen molar-refractivity contribution in [1.82, 2.24) is 4.90 Å². The van der Waals surface area contributed by atoms with Crippen LogP contribution in [0.15, 0.2) is 78.9 Å². The molecule has 2 heteroatoms. The average Bonchev–Trinajstić information content (AvgIpc) is 3.04. The predicted octanol–water partition coefficient (Wildman–Crippen LogP) is 11.7. The molecule has 2 aromatic rings. The summed E-state index contributed by atoms with van der Waals surface area (Å²) in [5.74, 6) is 0.902. The first-order valence-electron chi connectivity index (χ1n) is 16.9. The monoisotopic (exact) mass is 575 g/mol. The number of hydrogen-bond donors (Lipinski definition) is 1. The van der Waals surface area contributed by atoms with E-state index in [1.807, 2.05) is 44.2 Å². The van der Waals surface area contributed by atoms with Crippen LogP contribution in [0.5, 0.6) is 0 Å². The van der Waals surface area contributed by atoms with E-state index in [0.717, 1.165) is 37.3 Å². The standard InChI is InChI=1S/C22H35N.C10H18.C6H7N.C2H6/c1-5-8-21-11-12-22(17-20(21)6-2)18(4)9-10-19-13-15-23(7-3)16-14-19;1-5-9(3)7-8-10(4)6-2;7-6-4-2-1-3-5-6;1-2/h11-12,17,19H,4-10,13-16H2,1-3H3;6H,3,5,7-8H2,1-2,4H3;1-5H,7H2;1-2H3/b;10-6-;;. The van der Waals surface area contributed by atoms with Gasteiger partial charge in [0.1, 0.15) is 0 Å². The number of anilines is 1. The van der Waals surface area contributed by atoms with Crippen LogP contribution in [0.1, 0.15) is 123 Å². The fourth-order valence-electron chi connectivity index (χ4n) is 4.95. The van der Waals surface area contributed by atoms with E-state index in [1.165, 1.54) is 91.6 Å². The predicted molar refractivity (Wildman–Crippen MR) is 193 cm³/mol. The molecule has 0 unspecified atom stereocenters. The number of benzene rings is 2. The van der Waals surface area contributed by atoms with Gasteiger partial charge >= 0.3 is 0 Å². The minimum Gasteiger partial charge on any atom is -0.399 e. The molecule has 0 saturated carbocycles. The molecule has 1 fully saturated rings. The van der Waals surface area contributed by atoms with Gasteiger partial charge in [-0.2, -0.15) is 0 Å². The smallest absolute Gasteiger partial charge is 0.0313 e. The van der Waals surface area contributed by atoms with Crippen molar-refractivity contribution < 1.29 is 0 Å². The van der Waals surface area contributed by atoms with Gasteiger partial charge in [0, 0.05) is 5.69 Å². The maximum absolute atomic E-state index is 5.36. The highest BCUT2D eigenvalue weighted by molar-refractivity contribution is 5.64. The highest BCUT2D eigenvalue weighted by Crippen LogP contribution is 2.28. The van der Waals surface area contributed by atoms with E-state index in [1.54, 1.807) is 0 Å². The highest BCUT2D eigenvalue weighted by atomic mass is 15.1. The SMILES string of the molecule is C=C(CC)CC/C(C)=C\C.C=C(CCC1CCN(CC)CC1)c1ccc(CCC)c(CC)c1.CC.Nc1ccccc1. The Morgan fingerprint density at radius 3 is 2.02 bits per heavy atom. The Labute approximate surface area is 262 Å². The summed E-state index contributed by atoms with van der Waals surface area (Å²) in [5.41, 5.74) is 14.8. The zero-order chi connectivity index (χ0) is 31.8. The van der Waals surface area contributed by atoms with Crippen LogP contribution in [0.2, 0.25) is 0 Å². The van der Waals surface area contributed by atoms with Gasteiger partial charge in [0.25, 0.3) is 0 Å². The lowest BCUT2D eigenvalue weighted by Crippen LogP contribution is -2.33. The quantitative estimate of drug-likeness (QED) is 0.202. The molecule has 1 aliphatic rings. The minimum absolute atomic E-state index is 0.822. The lowest BCUT2D eigenvalue weighted by molar-refractivity contribution is 0.188. The number of rotatable bonds is 12. The lowest BCUT2D eigenvalue weighted by Gasteiger charge is -2.31. The summed E-state index contributed by atoms with van der Waals surface area (Å²) in [6, 6.07) is 16.5. The van der Waals surface area contributed by atoms with Crippen molar-refractivity contribution in [3.05, 3.63) is 95.6 Å². The topological polar surface area (TPSA) is 29.3 Å². The Morgan fingerprint density at radius 2 is 1.55 bits per heavy atom. The van der Waals surface area contributed by atoms with Crippen molar-refractivity contribution in [3.63, 3.8) is 0 Å². The van der Waals surface area contributed by atoms with E-state index in [2.05, 4.69) is 83.9 Å². The fourth-order valence-corrected chi connectivity index (χ4v) is 4.95. The molecule has 0 aliphatic carbocycles. The lowest BCUT2D eigenvalue weighted by atomic mass is 9.88. The van der Waals surface area contributed by atoms with Crippen LogP contribution < -0.4 is 5.73 Å². The summed E-state index contributed by atoms with van der Waals surface area (Å²) in [5, 5.41) is 0. The maximum atomic E-state index is 5.36. The first-order valence-corrected chi connectivity index (χ1v) is 16.9. The molecule has 1 saturated heterocycles. The van der Waals surface area contributed by atoms with Crippen molar-refractivity contribution in [2.45, 2.75) is 120 Å². The van der Waals surface area contributed by atoms with E-state index in [4.69, 9.17) is 5.73 Å². The molecule has 0 spiro atoms. The molecule has 0 amide bonds. The summed E-state index contributed by atoms with van der Waals surface area (Å²) in [6.07, 6.45) is 14.4. The van der Waals surface area contributed by atoms with Crippen molar-refractivity contribution in [1.29, 1.82) is 0 Å². The van der Waals surface area contributed by atoms with Gasteiger partial charge < -0.3 is 10.6 Å². The summed E-state index contributed by atoms with van der Waals surface area (Å²) in [4.78, 5) is 2.57. The van der Waals surface area contributed by atoms with Gasteiger partial charge in [0.05, 0.1) is 0 Å². The first kappa shape index (κ1) is 39.4. The number of nitrogens with two attached hydrogens (primary N) is 1. The second-order valence-corrected chi connectivity index (χ2v) is 11.3. The Kier molecular flexibility index (Phi) is 23.4. The molecule has 1 aliphatic heterocycles. The van der Waals surface area contributed by atoms with E-state index < -0.39 is 0 Å². The number of nitrogens with zero attached hydrogens (tertiary/aromatic N) is 1. The summed E-state index contributed by atoms with van der Waals surface area (Å²) in [7, 11) is 0. The summed E-state index contributed by atoms with van der Waals surface area (Å²) < 4.78 is 0. The van der Waals surface area contributed by atoms with E-state index in [0.29, 0.717) is 0 Å². The molecule has 2 aromatic carbocycles. The number of piperidine rings is 1. The van der Waals surface area contributed by atoms with Gasteiger partial charge in [-0.25, -0.2) is 0 Å². The minimum atomic E-state index is 0.822. The van der Waals surface area contributed by atoms with E-state index >= 15 is 0 Å². The zero-order valence-electron chi connectivity index (χ0n) is 28.9. The van der Waals surface area contributed by atoms with Crippen LogP contribution in [0, 0.1) is 5.92 Å². The molecule has 2 N–H and O–H groups in total. The maximum Gasteiger partial charge on any atom is 0.0313 e. The van der Waals surface area contributed by atoms with E-state index in [9.17, 15) is 0 Å². The van der Waals surface area contributed by atoms with Crippen LogP contribution in [0.4, 0.5) is 5.69 Å². The third-order valence-electron chi connectivity index (χ3n) is 8.19. The molecular formula is C40H66N2. The Bertz CT molecular complexity index is 994. The number of para-hydroxylation sites is 1. The number of likely N-dealkylation sites (tertiary alicyclic amines) is 1. The zero-order valence-corrected chi connectivity index (χ0v) is 28.9. The molecule has 0 atom stereocenters. The van der Waals surface area contributed by atoms with Crippen LogP contribution in [-0.2, 0) is 12.8 Å². The van der Waals surface area contributed by atoms with E-state index in [-0.39, 0.29) is 0 Å². The molecule has 42 heavy (non-hydrogen) atoms. The number of allylic oxidation sites excluding steroid dienone is 4. The largest absolute Gasteiger partial charge is 0.399 e. The van der Waals surface area contributed by atoms with Crippen molar-refractivity contribution in [2.24, 2.45) is 5.92 Å². The normalized spacial score (nSPS) is 13.5. The second kappa shape index (κ2) is 25.0. The molecule has 0 radical (unpaired) electrons. The van der Waals surface area contributed by atoms with Crippen molar-refractivity contribution >= 4 is 11.3 Å². The molecule has 236 valence electrons. The fraction of sp³-hybridized carbons (Fsp3) is 0.550. The third kappa shape index (κ3) is 17.4. The van der Waals surface area contributed by atoms with Gasteiger partial charge in [0.2, 0.25) is 0 Å². The van der Waals surface area contributed by atoms with Gasteiger partial charge in [-0.1, -0.05) is 115 Å². The number of aryl methyl sites for hydroxylation is 2. The Balaban J connectivity index is 0.000000725. The highest BCUT2D eigenvalue weighted by Gasteiger charge is 2.18. The number of hydrogen-bond acceptors (Lipinski definition) is 2. The van der Waals surface area contributed by atoms with Gasteiger partial charge in [-0.05, 0) is 132 Å². The molecule has 0 aromatic heterocycles. The molecule has 0 bridgehead atoms. The average molecular weight is 575 g/mol. The van der Waals surface area contributed by atoms with Crippen LogP contribution in [-0.4, -0.2) is 24.5 Å². The molecule has 2 nitrogen and oxygen atoms in total. The van der Waals surface area contributed by atoms with Crippen molar-refractivity contribution in [2.75, 3.05) is 25.4 Å². The van der Waals surface area contributed by atoms with Crippen LogP contribution >= 0.6 is 0 Å². The summed E-state index contributed by atoms with van der Waals surface area (Å²) in [6.45, 7) is 29.3. The van der Waals surface area contributed by atoms with Crippen LogP contribution in [0.25, 0.3) is 5.57 Å². The van der Waals surface area contributed by atoms with Crippen molar-refractivity contribution in [3.8, 4) is 0 Å². The van der Waals surface area contributed by atoms with Gasteiger partial charge in [-0.3, -0.25) is 0 Å². The van der Waals surface area contributed by atoms with Gasteiger partial charge in [-0.15, -0.1) is 0 Å². The molecule has 1 heterocycles. The first-order chi connectivity index (χ1) is 20.3. The second-order valence-electron chi connectivity index (χ2n) is 11.3. The molecule has 3 rings (SSSR count). The third-order valence-corrected chi connectivity index (χ3v) is 8.19. The Morgan fingerprint density at radius 1 is 0.905 bits per heavy atom. The summed E-state index contributed by atoms with van der Waals surface area (Å²) >= 11 is 0. The van der Waals surface area contributed by atoms with Crippen LogP contribution in [0.3, 0.4) is 0 Å². The number of nitrogen functional groups attached to an aromatic ring is 1. The molecular weight excluding hydrogens is 508 g/mol. The Hall–Kier alpha value is -2.58.